The molecular weight excluding hydrogens is 691 g/mol. The van der Waals surface area contributed by atoms with Crippen molar-refractivity contribution in [3.05, 3.63) is 60.7 Å². The van der Waals surface area contributed by atoms with Gasteiger partial charge < -0.3 is 55.5 Å². The van der Waals surface area contributed by atoms with Crippen LogP contribution in [0.15, 0.2) is 70.5 Å². The average Bonchev–Trinajstić information content (AvgIpc) is 2.69. The Morgan fingerprint density at radius 2 is 0.879 bits per heavy atom. The number of unbranched alkanes of at least 4 members (excludes halogenated alkanes) is 2. The van der Waals surface area contributed by atoms with E-state index in [1.54, 1.807) is 0 Å². The normalized spacial score (nSPS) is 12.6. The molecule has 0 spiro atoms. The van der Waals surface area contributed by atoms with E-state index in [2.05, 4.69) is 24.5 Å². The quantitative estimate of drug-likeness (QED) is 0.237. The molecule has 0 aliphatic carbocycles. The van der Waals surface area contributed by atoms with Crippen molar-refractivity contribution in [2.45, 2.75) is 49.3 Å². The second-order valence-electron chi connectivity index (χ2n) is 6.37. The van der Waals surface area contributed by atoms with Gasteiger partial charge in [-0.2, -0.15) is 0 Å². The summed E-state index contributed by atoms with van der Waals surface area (Å²) < 4.78 is 0. The Morgan fingerprint density at radius 1 is 0.606 bits per heavy atom. The average molecular weight is 719 g/mol. The fourth-order valence-corrected chi connectivity index (χ4v) is 13.2. The summed E-state index contributed by atoms with van der Waals surface area (Å²) in [6.07, 6.45) is 3.79. The fourth-order valence-electron chi connectivity index (χ4n) is 2.43. The van der Waals surface area contributed by atoms with E-state index < -0.39 is 31.5 Å². The first-order chi connectivity index (χ1) is 14.1. The van der Waals surface area contributed by atoms with E-state index in [0.29, 0.717) is 11.5 Å². The summed E-state index contributed by atoms with van der Waals surface area (Å²) >= 11 is 9.23. The molecule has 0 fully saturated rings. The molecule has 2 aromatic carbocycles. The van der Waals surface area contributed by atoms with E-state index in [9.17, 15) is 19.6 Å². The van der Waals surface area contributed by atoms with E-state index in [1.165, 1.54) is 0 Å². The zero-order valence-corrected chi connectivity index (χ0v) is 33.3. The molecule has 2 unspecified atom stereocenters. The number of hydrogen-bond acceptors (Lipinski definition) is 6. The maximum Gasteiger partial charge on any atom is 2.00 e. The summed E-state index contributed by atoms with van der Waals surface area (Å²) in [4.78, 5) is 47.7. The van der Waals surface area contributed by atoms with Crippen molar-refractivity contribution in [3.63, 3.8) is 0 Å². The van der Waals surface area contributed by atoms with Crippen LogP contribution in [-0.2, 0) is 103 Å². The first-order valence-electron chi connectivity index (χ1n) is 9.68. The SMILES string of the molecule is CCCCS(c1ccccc1)=P([O-])([O-])[S-].CCCCS(c1ccccc1)=P([O-])([O-])[S-].[Zn+2].[Zn+2].[Zn+2]. The Balaban J connectivity index is -0.000000500. The molecule has 0 aliphatic heterocycles. The third-order valence-electron chi connectivity index (χ3n) is 3.95. The van der Waals surface area contributed by atoms with Crippen LogP contribution in [0, 0.1) is 0 Å². The minimum atomic E-state index is -3.67. The predicted molar refractivity (Wildman–Crippen MR) is 132 cm³/mol. The molecule has 0 N–H and O–H groups in total. The first kappa shape index (κ1) is 39.9. The second kappa shape index (κ2) is 21.4. The smallest absolute Gasteiger partial charge is 0.853 e. The molecule has 0 bridgehead atoms. The van der Waals surface area contributed by atoms with Gasteiger partial charge in [-0.05, 0) is 58.4 Å². The molecule has 13 heteroatoms. The standard InChI is InChI=1S/2C10H14O2PS2.3Zn/c2*1-2-3-9-15(13(11,12)14)10-7-5-4-6-8-10;;;/h2*4-8H,2-3,9H2,1H3;;;/q2*-3;3*+2. The summed E-state index contributed by atoms with van der Waals surface area (Å²) in [5.41, 5.74) is -7.33. The Kier molecular flexibility index (Phi) is 25.8. The number of hydrogen-bond donors (Lipinski definition) is 0. The zero-order chi connectivity index (χ0) is 22.6. The Morgan fingerprint density at radius 3 is 1.09 bits per heavy atom. The molecule has 0 amide bonds. The van der Waals surface area contributed by atoms with Gasteiger partial charge in [0.2, 0.25) is 0 Å². The zero-order valence-electron chi connectivity index (χ0n) is 19.3. The van der Waals surface area contributed by atoms with Gasteiger partial charge in [0, 0.05) is 0 Å². The van der Waals surface area contributed by atoms with Crippen LogP contribution in [-0.4, -0.2) is 11.5 Å². The van der Waals surface area contributed by atoms with Crippen molar-refractivity contribution in [1.82, 2.24) is 0 Å². The fraction of sp³-hybridized carbons (Fsp3) is 0.400. The van der Waals surface area contributed by atoms with E-state index in [0.717, 1.165) is 35.5 Å². The van der Waals surface area contributed by atoms with Gasteiger partial charge in [0.15, 0.2) is 0 Å². The minimum Gasteiger partial charge on any atom is -0.853 e. The van der Waals surface area contributed by atoms with Crippen molar-refractivity contribution in [2.24, 2.45) is 0 Å². The van der Waals surface area contributed by atoms with Crippen molar-refractivity contribution in [3.8, 4) is 0 Å². The van der Waals surface area contributed by atoms with Gasteiger partial charge >= 0.3 is 58.4 Å². The van der Waals surface area contributed by atoms with Crippen LogP contribution in [0.1, 0.15) is 39.5 Å². The van der Waals surface area contributed by atoms with E-state index in [1.807, 2.05) is 74.5 Å². The van der Waals surface area contributed by atoms with Crippen LogP contribution >= 0.6 is 11.4 Å². The largest absolute Gasteiger partial charge is 2.00 e. The predicted octanol–water partition coefficient (Wildman–Crippen LogP) is 2.81. The van der Waals surface area contributed by atoms with Crippen LogP contribution in [0.5, 0.6) is 0 Å². The summed E-state index contributed by atoms with van der Waals surface area (Å²) in [5.74, 6) is 1.32. The molecule has 0 aromatic heterocycles. The van der Waals surface area contributed by atoms with Crippen molar-refractivity contribution >= 4 is 56.0 Å². The van der Waals surface area contributed by atoms with Crippen LogP contribution < -0.4 is 19.6 Å². The third-order valence-corrected chi connectivity index (χ3v) is 16.9. The molecule has 2 aromatic rings. The molecule has 0 saturated carbocycles. The van der Waals surface area contributed by atoms with Gasteiger partial charge in [-0.1, -0.05) is 63.1 Å². The van der Waals surface area contributed by atoms with E-state index in [-0.39, 0.29) is 58.4 Å². The Hall–Kier alpha value is 2.41. The van der Waals surface area contributed by atoms with Crippen LogP contribution in [0.2, 0.25) is 0 Å². The van der Waals surface area contributed by atoms with Gasteiger partial charge in [-0.15, -0.1) is 0 Å². The molecule has 2 atom stereocenters. The topological polar surface area (TPSA) is 92.2 Å². The van der Waals surface area contributed by atoms with E-state index in [4.69, 9.17) is 0 Å². The maximum atomic E-state index is 11.5. The first-order valence-corrected chi connectivity index (χ1v) is 19.0. The number of rotatable bonds is 8. The Labute approximate surface area is 253 Å². The second-order valence-corrected chi connectivity index (χ2v) is 21.2. The summed E-state index contributed by atoms with van der Waals surface area (Å²) in [6.45, 7) is 4.09. The summed E-state index contributed by atoms with van der Waals surface area (Å²) in [5, 5.41) is 0. The summed E-state index contributed by atoms with van der Waals surface area (Å²) in [7, 11) is -1.58. The van der Waals surface area contributed by atoms with Gasteiger partial charge in [-0.25, -0.2) is 20.1 Å². The number of benzene rings is 2. The van der Waals surface area contributed by atoms with Gasteiger partial charge in [0.1, 0.15) is 0 Å². The molecule has 0 radical (unpaired) electrons. The molecule has 172 valence electrons. The molecule has 33 heavy (non-hydrogen) atoms. The van der Waals surface area contributed by atoms with Crippen LogP contribution in [0.25, 0.3) is 0 Å². The monoisotopic (exact) mass is 714 g/mol. The van der Waals surface area contributed by atoms with Crippen LogP contribution in [0.3, 0.4) is 0 Å². The van der Waals surface area contributed by atoms with Crippen molar-refractivity contribution in [1.29, 1.82) is 0 Å². The minimum absolute atomic E-state index is 0. The van der Waals surface area contributed by atoms with Gasteiger partial charge in [0.05, 0.1) is 0 Å². The van der Waals surface area contributed by atoms with E-state index >= 15 is 0 Å². The van der Waals surface area contributed by atoms with Crippen molar-refractivity contribution in [2.75, 3.05) is 11.5 Å². The summed E-state index contributed by atoms with van der Waals surface area (Å²) in [6, 6.07) is 18.5. The molecule has 0 saturated heterocycles. The molecular formula is C20H28O4P2S4Zn3. The maximum absolute atomic E-state index is 11.5. The van der Waals surface area contributed by atoms with Crippen LogP contribution in [0.4, 0.5) is 0 Å². The van der Waals surface area contributed by atoms with Gasteiger partial charge in [-0.3, -0.25) is 0 Å². The Bertz CT molecular complexity index is 789. The molecule has 0 heterocycles. The van der Waals surface area contributed by atoms with Gasteiger partial charge in [0.25, 0.3) is 0 Å². The molecule has 0 aliphatic rings. The third kappa shape index (κ3) is 16.8. The van der Waals surface area contributed by atoms with Crippen molar-refractivity contribution < 1.29 is 78.0 Å². The molecule has 4 nitrogen and oxygen atoms in total. The molecule has 2 rings (SSSR count).